The zero-order valence-electron chi connectivity index (χ0n) is 9.10. The number of amides is 1. The second-order valence-corrected chi connectivity index (χ2v) is 4.30. The summed E-state index contributed by atoms with van der Waals surface area (Å²) in [6.07, 6.45) is 0. The number of anilines is 1. The SMILES string of the molecule is CNC(=O)C(C)Nc1ccc(C)c(Br)c1. The number of carbonyl (C=O) groups is 1. The molecular formula is C11H15BrN2O. The molecule has 0 aliphatic rings. The van der Waals surface area contributed by atoms with E-state index in [1.807, 2.05) is 32.0 Å². The summed E-state index contributed by atoms with van der Waals surface area (Å²) < 4.78 is 1.04. The van der Waals surface area contributed by atoms with Crippen LogP contribution in [0.2, 0.25) is 0 Å². The number of nitrogens with one attached hydrogen (secondary N) is 2. The monoisotopic (exact) mass is 270 g/mol. The first-order chi connectivity index (χ1) is 7.04. The van der Waals surface area contributed by atoms with Crippen LogP contribution in [0.1, 0.15) is 12.5 Å². The van der Waals surface area contributed by atoms with Gasteiger partial charge in [0.25, 0.3) is 0 Å². The Morgan fingerprint density at radius 2 is 2.13 bits per heavy atom. The molecule has 1 aromatic rings. The van der Waals surface area contributed by atoms with Gasteiger partial charge in [0.15, 0.2) is 0 Å². The fraction of sp³-hybridized carbons (Fsp3) is 0.364. The number of benzene rings is 1. The highest BCUT2D eigenvalue weighted by Crippen LogP contribution is 2.20. The highest BCUT2D eigenvalue weighted by atomic mass is 79.9. The molecule has 0 saturated heterocycles. The molecule has 0 fully saturated rings. The van der Waals surface area contributed by atoms with Crippen molar-refractivity contribution in [3.63, 3.8) is 0 Å². The van der Waals surface area contributed by atoms with Crippen molar-refractivity contribution in [1.82, 2.24) is 5.32 Å². The van der Waals surface area contributed by atoms with Crippen molar-refractivity contribution in [2.45, 2.75) is 19.9 Å². The smallest absolute Gasteiger partial charge is 0.241 e. The van der Waals surface area contributed by atoms with Gasteiger partial charge < -0.3 is 10.6 Å². The van der Waals surface area contributed by atoms with Crippen LogP contribution in [0.3, 0.4) is 0 Å². The first kappa shape index (κ1) is 12.0. The maximum atomic E-state index is 11.3. The highest BCUT2D eigenvalue weighted by Gasteiger charge is 2.10. The molecule has 1 amide bonds. The number of likely N-dealkylation sites (N-methyl/N-ethyl adjacent to an activating group) is 1. The lowest BCUT2D eigenvalue weighted by Gasteiger charge is -2.14. The Morgan fingerprint density at radius 3 is 2.67 bits per heavy atom. The van der Waals surface area contributed by atoms with Crippen LogP contribution < -0.4 is 10.6 Å². The topological polar surface area (TPSA) is 41.1 Å². The molecular weight excluding hydrogens is 256 g/mol. The molecule has 0 aromatic heterocycles. The second kappa shape index (κ2) is 5.16. The van der Waals surface area contributed by atoms with Gasteiger partial charge in [-0.15, -0.1) is 0 Å². The van der Waals surface area contributed by atoms with Crippen LogP contribution in [0.15, 0.2) is 22.7 Å². The van der Waals surface area contributed by atoms with E-state index in [1.54, 1.807) is 7.05 Å². The Labute approximate surface area is 98.4 Å². The maximum absolute atomic E-state index is 11.3. The van der Waals surface area contributed by atoms with E-state index in [2.05, 4.69) is 26.6 Å². The molecule has 15 heavy (non-hydrogen) atoms. The lowest BCUT2D eigenvalue weighted by atomic mass is 10.2. The summed E-state index contributed by atoms with van der Waals surface area (Å²) in [5.74, 6) is -0.0216. The van der Waals surface area contributed by atoms with Gasteiger partial charge in [0.1, 0.15) is 6.04 Å². The van der Waals surface area contributed by atoms with Crippen LogP contribution in [-0.4, -0.2) is 19.0 Å². The van der Waals surface area contributed by atoms with E-state index in [1.165, 1.54) is 5.56 Å². The van der Waals surface area contributed by atoms with Gasteiger partial charge in [0, 0.05) is 17.2 Å². The minimum absolute atomic E-state index is 0.0216. The van der Waals surface area contributed by atoms with Crippen LogP contribution in [0.5, 0.6) is 0 Å². The minimum atomic E-state index is -0.232. The molecule has 1 aromatic carbocycles. The predicted octanol–water partition coefficient (Wildman–Crippen LogP) is 2.30. The molecule has 82 valence electrons. The van der Waals surface area contributed by atoms with Gasteiger partial charge >= 0.3 is 0 Å². The van der Waals surface area contributed by atoms with Crippen LogP contribution in [-0.2, 0) is 4.79 Å². The molecule has 1 atom stereocenters. The number of carbonyl (C=O) groups excluding carboxylic acids is 1. The van der Waals surface area contributed by atoms with Crippen molar-refractivity contribution in [3.05, 3.63) is 28.2 Å². The largest absolute Gasteiger partial charge is 0.374 e. The summed E-state index contributed by atoms with van der Waals surface area (Å²) in [7, 11) is 1.63. The van der Waals surface area contributed by atoms with Crippen molar-refractivity contribution in [2.24, 2.45) is 0 Å². The van der Waals surface area contributed by atoms with Gasteiger partial charge in [-0.2, -0.15) is 0 Å². The maximum Gasteiger partial charge on any atom is 0.241 e. The van der Waals surface area contributed by atoms with E-state index in [0.717, 1.165) is 10.2 Å². The Bertz CT molecular complexity index is 366. The molecule has 2 N–H and O–H groups in total. The summed E-state index contributed by atoms with van der Waals surface area (Å²) in [5, 5.41) is 5.72. The van der Waals surface area contributed by atoms with Gasteiger partial charge in [-0.3, -0.25) is 4.79 Å². The van der Waals surface area contributed by atoms with E-state index >= 15 is 0 Å². The van der Waals surface area contributed by atoms with Crippen molar-refractivity contribution < 1.29 is 4.79 Å². The van der Waals surface area contributed by atoms with Gasteiger partial charge in [-0.1, -0.05) is 22.0 Å². The Kier molecular flexibility index (Phi) is 4.15. The number of hydrogen-bond acceptors (Lipinski definition) is 2. The van der Waals surface area contributed by atoms with Crippen LogP contribution in [0.4, 0.5) is 5.69 Å². The standard InChI is InChI=1S/C11H15BrN2O/c1-7-4-5-9(6-10(7)12)14-8(2)11(15)13-3/h4-6,8,14H,1-3H3,(H,13,15). The third-order valence-corrected chi connectivity index (χ3v) is 3.05. The number of aryl methyl sites for hydroxylation is 1. The summed E-state index contributed by atoms with van der Waals surface area (Å²) in [5.41, 5.74) is 2.11. The summed E-state index contributed by atoms with van der Waals surface area (Å²) in [6, 6.07) is 5.70. The van der Waals surface area contributed by atoms with E-state index < -0.39 is 0 Å². The third-order valence-electron chi connectivity index (χ3n) is 2.19. The highest BCUT2D eigenvalue weighted by molar-refractivity contribution is 9.10. The molecule has 0 aliphatic heterocycles. The Hall–Kier alpha value is -1.03. The first-order valence-electron chi connectivity index (χ1n) is 4.79. The Morgan fingerprint density at radius 1 is 1.47 bits per heavy atom. The van der Waals surface area contributed by atoms with Crippen LogP contribution in [0.25, 0.3) is 0 Å². The molecule has 0 heterocycles. The average molecular weight is 271 g/mol. The lowest BCUT2D eigenvalue weighted by Crippen LogP contribution is -2.35. The van der Waals surface area contributed by atoms with E-state index in [4.69, 9.17) is 0 Å². The van der Waals surface area contributed by atoms with Crippen LogP contribution >= 0.6 is 15.9 Å². The van der Waals surface area contributed by atoms with Crippen molar-refractivity contribution in [3.8, 4) is 0 Å². The van der Waals surface area contributed by atoms with Gasteiger partial charge in [0.05, 0.1) is 0 Å². The summed E-state index contributed by atoms with van der Waals surface area (Å²) in [4.78, 5) is 11.3. The number of rotatable bonds is 3. The normalized spacial score (nSPS) is 12.0. The predicted molar refractivity (Wildman–Crippen MR) is 66.0 cm³/mol. The van der Waals surface area contributed by atoms with E-state index in [0.29, 0.717) is 0 Å². The van der Waals surface area contributed by atoms with Gasteiger partial charge in [-0.05, 0) is 31.5 Å². The van der Waals surface area contributed by atoms with Crippen molar-refractivity contribution in [2.75, 3.05) is 12.4 Å². The second-order valence-electron chi connectivity index (χ2n) is 3.44. The van der Waals surface area contributed by atoms with Crippen molar-refractivity contribution >= 4 is 27.5 Å². The molecule has 3 nitrogen and oxygen atoms in total. The minimum Gasteiger partial charge on any atom is -0.374 e. The molecule has 1 unspecified atom stereocenters. The molecule has 0 radical (unpaired) electrons. The van der Waals surface area contributed by atoms with Gasteiger partial charge in [0.2, 0.25) is 5.91 Å². The summed E-state index contributed by atoms with van der Waals surface area (Å²) in [6.45, 7) is 3.85. The van der Waals surface area contributed by atoms with Gasteiger partial charge in [-0.25, -0.2) is 0 Å². The summed E-state index contributed by atoms with van der Waals surface area (Å²) >= 11 is 3.45. The average Bonchev–Trinajstić information content (AvgIpc) is 2.22. The quantitative estimate of drug-likeness (QED) is 0.885. The zero-order chi connectivity index (χ0) is 11.4. The molecule has 0 bridgehead atoms. The molecule has 1 rings (SSSR count). The lowest BCUT2D eigenvalue weighted by molar-refractivity contribution is -0.121. The fourth-order valence-electron chi connectivity index (χ4n) is 1.21. The molecule has 0 saturated carbocycles. The van der Waals surface area contributed by atoms with Crippen molar-refractivity contribution in [1.29, 1.82) is 0 Å². The number of halogens is 1. The molecule has 0 spiro atoms. The van der Waals surface area contributed by atoms with E-state index in [9.17, 15) is 4.79 Å². The first-order valence-corrected chi connectivity index (χ1v) is 5.58. The zero-order valence-corrected chi connectivity index (χ0v) is 10.7. The molecule has 4 heteroatoms. The van der Waals surface area contributed by atoms with E-state index in [-0.39, 0.29) is 11.9 Å². The third kappa shape index (κ3) is 3.23. The number of hydrogen-bond donors (Lipinski definition) is 2. The molecule has 0 aliphatic carbocycles. The Balaban J connectivity index is 2.73. The van der Waals surface area contributed by atoms with Crippen LogP contribution in [0, 0.1) is 6.92 Å². The fourth-order valence-corrected chi connectivity index (χ4v) is 1.59.